The van der Waals surface area contributed by atoms with E-state index in [1.165, 1.54) is 11.3 Å². The van der Waals surface area contributed by atoms with Gasteiger partial charge in [0, 0.05) is 18.6 Å². The van der Waals surface area contributed by atoms with Crippen LogP contribution in [0.1, 0.15) is 33.1 Å². The van der Waals surface area contributed by atoms with Gasteiger partial charge in [0.2, 0.25) is 0 Å². The highest BCUT2D eigenvalue weighted by molar-refractivity contribution is 7.22. The van der Waals surface area contributed by atoms with Gasteiger partial charge in [-0.05, 0) is 26.7 Å². The van der Waals surface area contributed by atoms with Crippen molar-refractivity contribution < 1.29 is 19.0 Å². The molecule has 7 heteroatoms. The van der Waals surface area contributed by atoms with Crippen LogP contribution in [-0.2, 0) is 9.53 Å². The zero-order chi connectivity index (χ0) is 16.7. The van der Waals surface area contributed by atoms with Gasteiger partial charge < -0.3 is 14.2 Å². The fourth-order valence-corrected chi connectivity index (χ4v) is 3.87. The first kappa shape index (κ1) is 15.7. The summed E-state index contributed by atoms with van der Waals surface area (Å²) in [7, 11) is 0. The Balaban J connectivity index is 1.54. The van der Waals surface area contributed by atoms with Crippen LogP contribution in [0.25, 0.3) is 10.2 Å². The summed E-state index contributed by atoms with van der Waals surface area (Å²) >= 11 is 1.43. The molecule has 0 aliphatic carbocycles. The van der Waals surface area contributed by atoms with Crippen LogP contribution in [0.2, 0.25) is 0 Å². The lowest BCUT2D eigenvalue weighted by Crippen LogP contribution is -2.30. The van der Waals surface area contributed by atoms with Crippen LogP contribution in [0.4, 0.5) is 5.13 Å². The van der Waals surface area contributed by atoms with Crippen molar-refractivity contribution in [2.45, 2.75) is 44.8 Å². The second-order valence-corrected chi connectivity index (χ2v) is 7.76. The lowest BCUT2D eigenvalue weighted by molar-refractivity contribution is -0.129. The van der Waals surface area contributed by atoms with Crippen LogP contribution in [0.5, 0.6) is 11.5 Å². The third kappa shape index (κ3) is 3.06. The lowest BCUT2D eigenvalue weighted by Gasteiger charge is -2.18. The summed E-state index contributed by atoms with van der Waals surface area (Å²) < 4.78 is 18.1. The Morgan fingerprint density at radius 3 is 2.75 bits per heavy atom. The fraction of sp³-hybridized carbons (Fsp3) is 0.529. The van der Waals surface area contributed by atoms with E-state index in [1.54, 1.807) is 0 Å². The second-order valence-electron chi connectivity index (χ2n) is 6.73. The number of nitrogens with one attached hydrogen (secondary N) is 1. The maximum absolute atomic E-state index is 12.4. The van der Waals surface area contributed by atoms with Crippen LogP contribution < -0.4 is 14.8 Å². The molecule has 1 N–H and O–H groups in total. The monoisotopic (exact) mass is 348 g/mol. The van der Waals surface area contributed by atoms with E-state index in [1.807, 2.05) is 26.0 Å². The highest BCUT2D eigenvalue weighted by Gasteiger charge is 2.36. The number of aromatic nitrogens is 1. The molecule has 1 unspecified atom stereocenters. The fourth-order valence-electron chi connectivity index (χ4n) is 2.99. The van der Waals surface area contributed by atoms with Gasteiger partial charge in [0.15, 0.2) is 16.6 Å². The van der Waals surface area contributed by atoms with Crippen molar-refractivity contribution in [3.05, 3.63) is 12.1 Å². The van der Waals surface area contributed by atoms with E-state index in [0.717, 1.165) is 35.2 Å². The molecule has 0 radical (unpaired) electrons. The first-order chi connectivity index (χ1) is 11.5. The minimum atomic E-state index is -0.407. The van der Waals surface area contributed by atoms with Gasteiger partial charge in [-0.15, -0.1) is 0 Å². The molecule has 1 saturated heterocycles. The molecule has 1 aromatic carbocycles. The van der Waals surface area contributed by atoms with Gasteiger partial charge >= 0.3 is 0 Å². The van der Waals surface area contributed by atoms with Crippen LogP contribution in [0, 0.1) is 0 Å². The molecule has 6 nitrogen and oxygen atoms in total. The molecular formula is C17H20N2O4S. The van der Waals surface area contributed by atoms with Gasteiger partial charge in [0.25, 0.3) is 5.91 Å². The number of amides is 1. The van der Waals surface area contributed by atoms with Gasteiger partial charge in [-0.1, -0.05) is 11.3 Å². The third-order valence-electron chi connectivity index (χ3n) is 4.25. The Morgan fingerprint density at radius 2 is 2.04 bits per heavy atom. The number of fused-ring (bicyclic) bond motifs is 2. The number of carbonyl (C=O) groups excluding carboxylic acids is 1. The van der Waals surface area contributed by atoms with E-state index < -0.39 is 6.10 Å². The third-order valence-corrected chi connectivity index (χ3v) is 5.18. The van der Waals surface area contributed by atoms with Gasteiger partial charge in [0.05, 0.1) is 29.0 Å². The van der Waals surface area contributed by atoms with Gasteiger partial charge in [-0.25, -0.2) is 4.98 Å². The van der Waals surface area contributed by atoms with E-state index in [0.29, 0.717) is 24.1 Å². The lowest BCUT2D eigenvalue weighted by atomic mass is 10.1. The zero-order valence-electron chi connectivity index (χ0n) is 13.8. The van der Waals surface area contributed by atoms with Crippen molar-refractivity contribution in [1.82, 2.24) is 4.98 Å². The van der Waals surface area contributed by atoms with E-state index in [9.17, 15) is 4.79 Å². The number of carbonyl (C=O) groups is 1. The summed E-state index contributed by atoms with van der Waals surface area (Å²) in [4.78, 5) is 16.9. The zero-order valence-corrected chi connectivity index (χ0v) is 14.6. The molecule has 1 aromatic heterocycles. The number of nitrogens with zero attached hydrogens (tertiary/aromatic N) is 1. The number of rotatable bonds is 2. The van der Waals surface area contributed by atoms with E-state index in [2.05, 4.69) is 10.3 Å². The number of thiazole rings is 1. The topological polar surface area (TPSA) is 69.7 Å². The minimum absolute atomic E-state index is 0.131. The average molecular weight is 348 g/mol. The molecule has 2 aliphatic rings. The normalized spacial score (nSPS) is 22.3. The van der Waals surface area contributed by atoms with Crippen molar-refractivity contribution >= 4 is 32.6 Å². The largest absolute Gasteiger partial charge is 0.490 e. The van der Waals surface area contributed by atoms with Gasteiger partial charge in [-0.3, -0.25) is 10.1 Å². The number of hydrogen-bond acceptors (Lipinski definition) is 6. The number of anilines is 1. The standard InChI is InChI=1S/C17H20N2O4S/c1-17(2)5-4-11(23-17)15(20)19-16-18-10-8-12-13(9-14(10)24-16)22-7-3-6-21-12/h8-9,11H,3-7H2,1-2H3,(H,18,19,20). The molecular weight excluding hydrogens is 328 g/mol. The molecule has 2 aromatic rings. The molecule has 0 spiro atoms. The molecule has 1 amide bonds. The average Bonchev–Trinajstić information content (AvgIpc) is 2.99. The maximum atomic E-state index is 12.4. The molecule has 3 heterocycles. The highest BCUT2D eigenvalue weighted by Crippen LogP contribution is 2.38. The molecule has 0 saturated carbocycles. The Labute approximate surface area is 144 Å². The predicted octanol–water partition coefficient (Wildman–Crippen LogP) is 3.35. The summed E-state index contributed by atoms with van der Waals surface area (Å²) in [5.74, 6) is 1.32. The molecule has 1 fully saturated rings. The van der Waals surface area contributed by atoms with Crippen LogP contribution in [0.3, 0.4) is 0 Å². The summed E-state index contributed by atoms with van der Waals surface area (Å²) in [6.45, 7) is 5.30. The van der Waals surface area contributed by atoms with Crippen LogP contribution in [0.15, 0.2) is 12.1 Å². The van der Waals surface area contributed by atoms with E-state index >= 15 is 0 Å². The van der Waals surface area contributed by atoms with Gasteiger partial charge in [0.1, 0.15) is 6.10 Å². The molecule has 0 bridgehead atoms. The van der Waals surface area contributed by atoms with Crippen molar-refractivity contribution in [2.75, 3.05) is 18.5 Å². The molecule has 24 heavy (non-hydrogen) atoms. The Bertz CT molecular complexity index is 743. The second kappa shape index (κ2) is 5.89. The van der Waals surface area contributed by atoms with Crippen LogP contribution >= 0.6 is 11.3 Å². The number of hydrogen-bond donors (Lipinski definition) is 1. The number of benzene rings is 1. The maximum Gasteiger partial charge on any atom is 0.255 e. The number of ether oxygens (including phenoxy) is 3. The predicted molar refractivity (Wildman–Crippen MR) is 92.0 cm³/mol. The molecule has 2 aliphatic heterocycles. The Morgan fingerprint density at radius 1 is 1.29 bits per heavy atom. The van der Waals surface area contributed by atoms with Crippen molar-refractivity contribution in [1.29, 1.82) is 0 Å². The molecule has 128 valence electrons. The minimum Gasteiger partial charge on any atom is -0.490 e. The molecule has 1 atom stereocenters. The first-order valence-electron chi connectivity index (χ1n) is 8.19. The highest BCUT2D eigenvalue weighted by atomic mass is 32.1. The van der Waals surface area contributed by atoms with E-state index in [-0.39, 0.29) is 11.5 Å². The molecule has 4 rings (SSSR count). The Kier molecular flexibility index (Phi) is 3.85. The van der Waals surface area contributed by atoms with Crippen molar-refractivity contribution in [3.8, 4) is 11.5 Å². The quantitative estimate of drug-likeness (QED) is 0.901. The summed E-state index contributed by atoms with van der Waals surface area (Å²) in [5.41, 5.74) is 0.564. The van der Waals surface area contributed by atoms with Crippen molar-refractivity contribution in [3.63, 3.8) is 0 Å². The van der Waals surface area contributed by atoms with E-state index in [4.69, 9.17) is 14.2 Å². The summed E-state index contributed by atoms with van der Waals surface area (Å²) in [6.07, 6.45) is 2.08. The Hall–Kier alpha value is -1.86. The van der Waals surface area contributed by atoms with Gasteiger partial charge in [-0.2, -0.15) is 0 Å². The van der Waals surface area contributed by atoms with Crippen molar-refractivity contribution in [2.24, 2.45) is 0 Å². The SMILES string of the molecule is CC1(C)CCC(C(=O)Nc2nc3cc4c(cc3s2)OCCCO4)O1. The smallest absolute Gasteiger partial charge is 0.255 e. The summed E-state index contributed by atoms with van der Waals surface area (Å²) in [6, 6.07) is 3.80. The summed E-state index contributed by atoms with van der Waals surface area (Å²) in [5, 5.41) is 3.45. The first-order valence-corrected chi connectivity index (χ1v) is 9.01. The van der Waals surface area contributed by atoms with Crippen LogP contribution in [-0.4, -0.2) is 35.8 Å².